The number of halogens is 3. The Morgan fingerprint density at radius 1 is 1.32 bits per heavy atom. The summed E-state index contributed by atoms with van der Waals surface area (Å²) in [6.45, 7) is 3.20. The molecule has 2 aliphatic rings. The molecule has 0 amide bonds. The van der Waals surface area contributed by atoms with Crippen molar-refractivity contribution in [1.29, 1.82) is 0 Å². The topological polar surface area (TPSA) is 86.8 Å². The van der Waals surface area contributed by atoms with Crippen LogP contribution in [0.25, 0.3) is 0 Å². The Hall–Kier alpha value is -3.10. The van der Waals surface area contributed by atoms with Gasteiger partial charge in [-0.3, -0.25) is 4.79 Å². The molecule has 164 valence electrons. The van der Waals surface area contributed by atoms with E-state index in [2.05, 4.69) is 9.98 Å². The van der Waals surface area contributed by atoms with Crippen LogP contribution in [0, 0.1) is 25.6 Å². The molecule has 0 spiro atoms. The molecule has 1 aromatic heterocycles. The van der Waals surface area contributed by atoms with Crippen molar-refractivity contribution in [2.45, 2.75) is 44.8 Å². The summed E-state index contributed by atoms with van der Waals surface area (Å²) < 4.78 is 54.1. The van der Waals surface area contributed by atoms with Gasteiger partial charge in [-0.05, 0) is 49.1 Å². The van der Waals surface area contributed by atoms with Crippen LogP contribution in [0.4, 0.5) is 13.2 Å². The maximum Gasteiger partial charge on any atom is 0.283 e. The first-order valence-corrected chi connectivity index (χ1v) is 9.80. The Bertz CT molecular complexity index is 1090. The summed E-state index contributed by atoms with van der Waals surface area (Å²) in [5.74, 6) is -1.26. The summed E-state index contributed by atoms with van der Waals surface area (Å²) in [5, 5.41) is 0. The zero-order valence-electron chi connectivity index (χ0n) is 17.3. The molecule has 0 radical (unpaired) electrons. The van der Waals surface area contributed by atoms with E-state index in [-0.39, 0.29) is 35.0 Å². The van der Waals surface area contributed by atoms with E-state index in [1.165, 1.54) is 32.4 Å². The fourth-order valence-electron chi connectivity index (χ4n) is 4.26. The number of Topliss-reactive ketones (excluding diaryl/α,β-unsaturated/α-hetero) is 1. The van der Waals surface area contributed by atoms with Crippen molar-refractivity contribution < 1.29 is 27.4 Å². The number of nitrogens with two attached hydrogens (primary N) is 1. The molecule has 0 bridgehead atoms. The lowest BCUT2D eigenvalue weighted by atomic mass is 9.82. The molecule has 1 fully saturated rings. The van der Waals surface area contributed by atoms with Crippen LogP contribution in [-0.4, -0.2) is 36.4 Å². The highest BCUT2D eigenvalue weighted by Gasteiger charge is 2.64. The lowest BCUT2D eigenvalue weighted by Crippen LogP contribution is -2.43. The third kappa shape index (κ3) is 3.51. The molecule has 1 aromatic carbocycles. The molecule has 2 aromatic rings. The van der Waals surface area contributed by atoms with Crippen molar-refractivity contribution in [3.63, 3.8) is 0 Å². The minimum Gasteiger partial charge on any atom is -0.495 e. The highest BCUT2D eigenvalue weighted by Crippen LogP contribution is 2.56. The van der Waals surface area contributed by atoms with Gasteiger partial charge in [0.2, 0.25) is 0 Å². The first-order chi connectivity index (χ1) is 14.7. The molecule has 31 heavy (non-hydrogen) atoms. The van der Waals surface area contributed by atoms with Crippen LogP contribution in [0.2, 0.25) is 0 Å². The molecule has 1 aliphatic carbocycles. The van der Waals surface area contributed by atoms with Crippen LogP contribution in [0.5, 0.6) is 5.75 Å². The zero-order valence-corrected chi connectivity index (χ0v) is 17.3. The number of ketones is 1. The van der Waals surface area contributed by atoms with Gasteiger partial charge in [0.25, 0.3) is 12.4 Å². The Morgan fingerprint density at radius 2 is 2.06 bits per heavy atom. The lowest BCUT2D eigenvalue weighted by Gasteiger charge is -2.33. The number of pyridine rings is 1. The summed E-state index contributed by atoms with van der Waals surface area (Å²) in [5.41, 5.74) is 4.64. The number of hydrogen-bond acceptors (Lipinski definition) is 6. The molecule has 6 nitrogen and oxygen atoms in total. The van der Waals surface area contributed by atoms with Crippen LogP contribution < -0.4 is 10.5 Å². The summed E-state index contributed by atoms with van der Waals surface area (Å²) in [4.78, 5) is 20.9. The Morgan fingerprint density at radius 3 is 2.71 bits per heavy atom. The van der Waals surface area contributed by atoms with Crippen LogP contribution in [0.1, 0.15) is 39.2 Å². The number of benzene rings is 1. The SMILES string of the molecule is COc1cnc(C(=O)Cc2cc(C)c(F)c([C@@]3(C(F)F)N=C(N)O[C@@H]4C[C@@H]43)c2)c(C)c1. The van der Waals surface area contributed by atoms with Gasteiger partial charge >= 0.3 is 0 Å². The van der Waals surface area contributed by atoms with Gasteiger partial charge in [-0.1, -0.05) is 6.07 Å². The Kier molecular flexibility index (Phi) is 5.15. The number of carbonyl (C=O) groups excluding carboxylic acids is 1. The van der Waals surface area contributed by atoms with Crippen LogP contribution in [-0.2, 0) is 16.7 Å². The number of aryl methyl sites for hydroxylation is 2. The van der Waals surface area contributed by atoms with Gasteiger partial charge in [0.15, 0.2) is 11.3 Å². The minimum absolute atomic E-state index is 0.128. The van der Waals surface area contributed by atoms with E-state index in [9.17, 15) is 13.6 Å². The van der Waals surface area contributed by atoms with Gasteiger partial charge in [0.05, 0.1) is 13.3 Å². The van der Waals surface area contributed by atoms with Gasteiger partial charge in [-0.15, -0.1) is 0 Å². The summed E-state index contributed by atoms with van der Waals surface area (Å²) in [6.07, 6.45) is -1.89. The highest BCUT2D eigenvalue weighted by atomic mass is 19.3. The fraction of sp³-hybridized carbons (Fsp3) is 0.409. The van der Waals surface area contributed by atoms with Gasteiger partial charge in [-0.25, -0.2) is 23.1 Å². The third-order valence-electron chi connectivity index (χ3n) is 5.86. The number of hydrogen-bond donors (Lipinski definition) is 1. The van der Waals surface area contributed by atoms with E-state index >= 15 is 4.39 Å². The van der Waals surface area contributed by atoms with E-state index < -0.39 is 29.8 Å². The molecule has 0 unspecified atom stereocenters. The number of ether oxygens (including phenoxy) is 2. The zero-order chi connectivity index (χ0) is 22.5. The summed E-state index contributed by atoms with van der Waals surface area (Å²) in [6, 6.07) is 4.07. The third-order valence-corrected chi connectivity index (χ3v) is 5.86. The number of nitrogens with zero attached hydrogens (tertiary/aromatic N) is 2. The van der Waals surface area contributed by atoms with E-state index in [0.29, 0.717) is 23.3 Å². The van der Waals surface area contributed by atoms with Crippen LogP contribution in [0.3, 0.4) is 0 Å². The van der Waals surface area contributed by atoms with Crippen molar-refractivity contribution >= 4 is 11.8 Å². The number of methoxy groups -OCH3 is 1. The predicted octanol–water partition coefficient (Wildman–Crippen LogP) is 3.47. The average molecular weight is 433 g/mol. The standard InChI is InChI=1S/C22H22F3N3O3/c1-10-4-12(7-16(29)19-11(2)5-13(30-3)9-27-19)6-15(18(10)23)22(20(24)25)14-8-17(14)31-21(26)28-22/h4-6,9,14,17,20H,7-8H2,1-3H3,(H2,26,28)/t14-,17+,22-/m0/s1. The van der Waals surface area contributed by atoms with Gasteiger partial charge in [-0.2, -0.15) is 0 Å². The minimum atomic E-state index is -2.99. The summed E-state index contributed by atoms with van der Waals surface area (Å²) >= 11 is 0. The smallest absolute Gasteiger partial charge is 0.283 e. The lowest BCUT2D eigenvalue weighted by molar-refractivity contribution is 0.0175. The van der Waals surface area contributed by atoms with E-state index in [4.69, 9.17) is 15.2 Å². The van der Waals surface area contributed by atoms with E-state index in [1.54, 1.807) is 13.0 Å². The second-order valence-corrected chi connectivity index (χ2v) is 7.99. The Labute approximate surface area is 177 Å². The van der Waals surface area contributed by atoms with Crippen LogP contribution in [0.15, 0.2) is 29.4 Å². The maximum absolute atomic E-state index is 15.1. The van der Waals surface area contributed by atoms with Gasteiger partial charge in [0.1, 0.15) is 23.4 Å². The van der Waals surface area contributed by atoms with E-state index in [1.807, 2.05) is 0 Å². The quantitative estimate of drug-likeness (QED) is 0.705. The van der Waals surface area contributed by atoms with Crippen LogP contribution >= 0.6 is 0 Å². The molecule has 0 saturated heterocycles. The number of rotatable bonds is 6. The number of carbonyl (C=O) groups is 1. The molecule has 2 heterocycles. The van der Waals surface area contributed by atoms with Gasteiger partial charge < -0.3 is 15.2 Å². The molecule has 1 aliphatic heterocycles. The molecular weight excluding hydrogens is 411 g/mol. The number of aromatic nitrogens is 1. The first kappa shape index (κ1) is 21.1. The molecule has 4 rings (SSSR count). The monoisotopic (exact) mass is 433 g/mol. The number of alkyl halides is 2. The number of fused-ring (bicyclic) bond motifs is 1. The van der Waals surface area contributed by atoms with Crippen molar-refractivity contribution in [3.8, 4) is 5.75 Å². The molecule has 1 saturated carbocycles. The molecule has 2 N–H and O–H groups in total. The van der Waals surface area contributed by atoms with Crippen molar-refractivity contribution in [2.75, 3.05) is 7.11 Å². The highest BCUT2D eigenvalue weighted by molar-refractivity contribution is 5.97. The average Bonchev–Trinajstić information content (AvgIpc) is 3.49. The van der Waals surface area contributed by atoms with E-state index in [0.717, 1.165) is 0 Å². The summed E-state index contributed by atoms with van der Waals surface area (Å²) in [7, 11) is 1.50. The fourth-order valence-corrected chi connectivity index (χ4v) is 4.26. The molecule has 9 heteroatoms. The second kappa shape index (κ2) is 7.55. The normalized spacial score (nSPS) is 24.3. The van der Waals surface area contributed by atoms with Crippen molar-refractivity contribution in [1.82, 2.24) is 4.98 Å². The van der Waals surface area contributed by atoms with Gasteiger partial charge in [0, 0.05) is 17.9 Å². The molecule has 3 atom stereocenters. The van der Waals surface area contributed by atoms with Crippen molar-refractivity contribution in [3.05, 3.63) is 58.2 Å². The number of aliphatic imine (C=N–C) groups is 1. The largest absolute Gasteiger partial charge is 0.495 e. The maximum atomic E-state index is 15.1. The first-order valence-electron chi connectivity index (χ1n) is 9.80. The number of amidine groups is 1. The second-order valence-electron chi connectivity index (χ2n) is 7.99. The predicted molar refractivity (Wildman–Crippen MR) is 107 cm³/mol. The Balaban J connectivity index is 1.74. The van der Waals surface area contributed by atoms with Crippen molar-refractivity contribution in [2.24, 2.45) is 16.6 Å². The molecular formula is C22H22F3N3O3.